The first kappa shape index (κ1) is 23.0. The van der Waals surface area contributed by atoms with Crippen molar-refractivity contribution in [3.63, 3.8) is 0 Å². The molecule has 1 fully saturated rings. The highest BCUT2D eigenvalue weighted by Crippen LogP contribution is 2.27. The maximum absolute atomic E-state index is 13.1. The van der Waals surface area contributed by atoms with Crippen LogP contribution in [0.1, 0.15) is 42.2 Å². The Labute approximate surface area is 205 Å². The molecule has 0 atom stereocenters. The number of pyridine rings is 2. The Morgan fingerprint density at radius 2 is 1.94 bits per heavy atom. The van der Waals surface area contributed by atoms with E-state index in [2.05, 4.69) is 48.3 Å². The van der Waals surface area contributed by atoms with E-state index in [-0.39, 0.29) is 5.91 Å². The van der Waals surface area contributed by atoms with Gasteiger partial charge in [-0.3, -0.25) is 19.8 Å². The standard InChI is InChI=1S/C27H31N7O/c1-3-10-33(2)25-9-7-22(17-29-25)30-27(35)26-23-14-20(6-8-24(23)31-32-26)21-13-19(15-28-16-21)18-34-11-4-5-12-34/h6-9,13-17H,3-5,10-12,18H2,1-2H3,(H,30,35)(H,31,32). The quantitative estimate of drug-likeness (QED) is 0.388. The number of aromatic nitrogens is 4. The van der Waals surface area contributed by atoms with E-state index < -0.39 is 0 Å². The van der Waals surface area contributed by atoms with Crippen LogP contribution in [0.15, 0.2) is 55.0 Å². The minimum atomic E-state index is -0.272. The molecule has 3 aromatic heterocycles. The maximum Gasteiger partial charge on any atom is 0.276 e. The van der Waals surface area contributed by atoms with E-state index in [1.165, 1.54) is 18.4 Å². The van der Waals surface area contributed by atoms with Gasteiger partial charge in [-0.1, -0.05) is 13.0 Å². The summed E-state index contributed by atoms with van der Waals surface area (Å²) in [5.41, 5.74) is 5.05. The van der Waals surface area contributed by atoms with Gasteiger partial charge < -0.3 is 10.2 Å². The van der Waals surface area contributed by atoms with Gasteiger partial charge in [-0.05, 0) is 73.8 Å². The van der Waals surface area contributed by atoms with Crippen LogP contribution in [0.25, 0.3) is 22.0 Å². The van der Waals surface area contributed by atoms with Gasteiger partial charge in [0, 0.05) is 43.5 Å². The third-order valence-corrected chi connectivity index (χ3v) is 6.47. The van der Waals surface area contributed by atoms with Crippen molar-refractivity contribution < 1.29 is 4.79 Å². The Morgan fingerprint density at radius 3 is 2.71 bits per heavy atom. The molecule has 0 saturated carbocycles. The number of nitrogens with zero attached hydrogens (tertiary/aromatic N) is 5. The lowest BCUT2D eigenvalue weighted by atomic mass is 10.0. The number of benzene rings is 1. The first-order chi connectivity index (χ1) is 17.1. The van der Waals surface area contributed by atoms with Crippen molar-refractivity contribution in [2.75, 3.05) is 36.9 Å². The molecule has 5 rings (SSSR count). The van der Waals surface area contributed by atoms with E-state index in [1.807, 2.05) is 49.8 Å². The van der Waals surface area contributed by atoms with E-state index in [1.54, 1.807) is 6.20 Å². The molecule has 180 valence electrons. The second-order valence-corrected chi connectivity index (χ2v) is 9.18. The molecule has 4 aromatic rings. The fourth-order valence-corrected chi connectivity index (χ4v) is 4.62. The summed E-state index contributed by atoms with van der Waals surface area (Å²) in [6.07, 6.45) is 9.07. The molecular formula is C27H31N7O. The summed E-state index contributed by atoms with van der Waals surface area (Å²) < 4.78 is 0. The summed E-state index contributed by atoms with van der Waals surface area (Å²) in [6, 6.07) is 12.0. The zero-order valence-electron chi connectivity index (χ0n) is 20.3. The summed E-state index contributed by atoms with van der Waals surface area (Å²) in [4.78, 5) is 26.5. The van der Waals surface area contributed by atoms with Crippen molar-refractivity contribution in [2.24, 2.45) is 0 Å². The van der Waals surface area contributed by atoms with Crippen molar-refractivity contribution >= 4 is 28.3 Å². The second kappa shape index (κ2) is 10.2. The van der Waals surface area contributed by atoms with Crippen LogP contribution in [0.2, 0.25) is 0 Å². The molecule has 8 nitrogen and oxygen atoms in total. The van der Waals surface area contributed by atoms with Gasteiger partial charge in [0.2, 0.25) is 0 Å². The van der Waals surface area contributed by atoms with E-state index in [0.29, 0.717) is 11.4 Å². The normalized spacial score (nSPS) is 13.9. The predicted molar refractivity (Wildman–Crippen MR) is 140 cm³/mol. The third-order valence-electron chi connectivity index (χ3n) is 6.47. The monoisotopic (exact) mass is 469 g/mol. The summed E-state index contributed by atoms with van der Waals surface area (Å²) in [5.74, 6) is 0.603. The Bertz CT molecular complexity index is 1310. The van der Waals surface area contributed by atoms with Crippen LogP contribution in [0.4, 0.5) is 11.5 Å². The van der Waals surface area contributed by atoms with Crippen LogP contribution in [-0.4, -0.2) is 57.7 Å². The van der Waals surface area contributed by atoms with Crippen molar-refractivity contribution in [2.45, 2.75) is 32.7 Å². The fraction of sp³-hybridized carbons (Fsp3) is 0.333. The molecule has 0 radical (unpaired) electrons. The maximum atomic E-state index is 13.1. The molecule has 1 aliphatic heterocycles. The fourth-order valence-electron chi connectivity index (χ4n) is 4.62. The average molecular weight is 470 g/mol. The van der Waals surface area contributed by atoms with Crippen molar-refractivity contribution in [3.8, 4) is 11.1 Å². The SMILES string of the molecule is CCCN(C)c1ccc(NC(=O)c2n[nH]c3ccc(-c4cncc(CN5CCCC5)c4)cc23)cn1. The van der Waals surface area contributed by atoms with Crippen LogP contribution in [-0.2, 0) is 6.54 Å². The minimum absolute atomic E-state index is 0.272. The number of hydrogen-bond acceptors (Lipinski definition) is 6. The first-order valence-electron chi connectivity index (χ1n) is 12.2. The number of anilines is 2. The topological polar surface area (TPSA) is 90.0 Å². The Kier molecular flexibility index (Phi) is 6.72. The lowest BCUT2D eigenvalue weighted by Gasteiger charge is -2.17. The number of hydrogen-bond donors (Lipinski definition) is 2. The van der Waals surface area contributed by atoms with Crippen LogP contribution in [0, 0.1) is 0 Å². The molecule has 0 spiro atoms. The molecule has 8 heteroatoms. The van der Waals surface area contributed by atoms with Crippen LogP contribution < -0.4 is 10.2 Å². The molecule has 1 aliphatic rings. The molecule has 2 N–H and O–H groups in total. The van der Waals surface area contributed by atoms with Crippen LogP contribution >= 0.6 is 0 Å². The molecule has 35 heavy (non-hydrogen) atoms. The second-order valence-electron chi connectivity index (χ2n) is 9.18. The third kappa shape index (κ3) is 5.17. The van der Waals surface area contributed by atoms with E-state index in [4.69, 9.17) is 0 Å². The van der Waals surface area contributed by atoms with Gasteiger partial charge in [0.25, 0.3) is 5.91 Å². The highest BCUT2D eigenvalue weighted by Gasteiger charge is 2.17. The van der Waals surface area contributed by atoms with Gasteiger partial charge in [-0.15, -0.1) is 0 Å². The smallest absolute Gasteiger partial charge is 0.276 e. The van der Waals surface area contributed by atoms with E-state index in [0.717, 1.165) is 60.4 Å². The molecule has 4 heterocycles. The molecule has 0 unspecified atom stereocenters. The van der Waals surface area contributed by atoms with Gasteiger partial charge in [-0.2, -0.15) is 5.10 Å². The first-order valence-corrected chi connectivity index (χ1v) is 12.2. The minimum Gasteiger partial charge on any atom is -0.360 e. The number of fused-ring (bicyclic) bond motifs is 1. The lowest BCUT2D eigenvalue weighted by molar-refractivity contribution is 0.102. The predicted octanol–water partition coefficient (Wildman–Crippen LogP) is 4.71. The molecule has 1 amide bonds. The summed E-state index contributed by atoms with van der Waals surface area (Å²) in [5, 5.41) is 11.0. The number of H-pyrrole nitrogens is 1. The highest BCUT2D eigenvalue weighted by atomic mass is 16.1. The molecule has 1 aromatic carbocycles. The van der Waals surface area contributed by atoms with Crippen molar-refractivity contribution in [3.05, 3.63) is 66.2 Å². The number of rotatable bonds is 8. The molecule has 1 saturated heterocycles. The summed E-state index contributed by atoms with van der Waals surface area (Å²) >= 11 is 0. The van der Waals surface area contributed by atoms with Gasteiger partial charge in [0.15, 0.2) is 5.69 Å². The summed E-state index contributed by atoms with van der Waals surface area (Å²) in [6.45, 7) is 6.28. The molecule has 0 aliphatic carbocycles. The molecule has 0 bridgehead atoms. The number of carbonyl (C=O) groups is 1. The van der Waals surface area contributed by atoms with Gasteiger partial charge in [-0.25, -0.2) is 4.98 Å². The van der Waals surface area contributed by atoms with Gasteiger partial charge in [0.05, 0.1) is 17.4 Å². The average Bonchev–Trinajstić information content (AvgIpc) is 3.54. The Hall–Kier alpha value is -3.78. The van der Waals surface area contributed by atoms with Gasteiger partial charge >= 0.3 is 0 Å². The Balaban J connectivity index is 1.35. The number of aromatic amines is 1. The largest absolute Gasteiger partial charge is 0.360 e. The number of likely N-dealkylation sites (tertiary alicyclic amines) is 1. The van der Waals surface area contributed by atoms with Crippen molar-refractivity contribution in [1.82, 2.24) is 25.1 Å². The summed E-state index contributed by atoms with van der Waals surface area (Å²) in [7, 11) is 2.01. The van der Waals surface area contributed by atoms with E-state index >= 15 is 0 Å². The Morgan fingerprint density at radius 1 is 1.09 bits per heavy atom. The molecular weight excluding hydrogens is 438 g/mol. The van der Waals surface area contributed by atoms with Gasteiger partial charge in [0.1, 0.15) is 5.82 Å². The number of nitrogens with one attached hydrogen (secondary N) is 2. The zero-order chi connectivity index (χ0) is 24.2. The number of amides is 1. The van der Waals surface area contributed by atoms with Crippen LogP contribution in [0.3, 0.4) is 0 Å². The van der Waals surface area contributed by atoms with Crippen LogP contribution in [0.5, 0.6) is 0 Å². The highest BCUT2D eigenvalue weighted by molar-refractivity contribution is 6.11. The lowest BCUT2D eigenvalue weighted by Crippen LogP contribution is -2.19. The van der Waals surface area contributed by atoms with E-state index in [9.17, 15) is 4.79 Å². The zero-order valence-corrected chi connectivity index (χ0v) is 20.3. The van der Waals surface area contributed by atoms with Crippen molar-refractivity contribution in [1.29, 1.82) is 0 Å². The number of carbonyl (C=O) groups excluding carboxylic acids is 1.